The molecule has 1 aromatic rings. The summed E-state index contributed by atoms with van der Waals surface area (Å²) in [5, 5.41) is 15.2. The van der Waals surface area contributed by atoms with Gasteiger partial charge in [-0.3, -0.25) is 9.59 Å². The van der Waals surface area contributed by atoms with Crippen LogP contribution in [0.25, 0.3) is 0 Å². The topological polar surface area (TPSA) is 98.7 Å². The van der Waals surface area contributed by atoms with Gasteiger partial charge in [0.05, 0.1) is 5.41 Å². The average molecular weight is 359 g/mol. The second-order valence-corrected chi connectivity index (χ2v) is 7.15. The number of carbonyl (C=O) groups excluding carboxylic acids is 2. The number of fused-ring (bicyclic) bond motifs is 1. The second kappa shape index (κ2) is 7.35. The third kappa shape index (κ3) is 3.38. The molecule has 0 radical (unpaired) electrons. The third-order valence-electron chi connectivity index (χ3n) is 5.55. The third-order valence-corrected chi connectivity index (χ3v) is 5.55. The molecule has 7 heteroatoms. The Hall–Kier alpha value is -2.57. The number of nitrogens with zero attached hydrogens (tertiary/aromatic N) is 1. The molecule has 0 spiro atoms. The van der Waals surface area contributed by atoms with Crippen LogP contribution in [0.3, 0.4) is 0 Å². The molecule has 0 aromatic heterocycles. The number of hydrogen-bond donors (Lipinski definition) is 3. The Balaban J connectivity index is 1.59. The van der Waals surface area contributed by atoms with Crippen molar-refractivity contribution in [3.05, 3.63) is 35.4 Å². The van der Waals surface area contributed by atoms with E-state index in [0.717, 1.165) is 18.4 Å². The van der Waals surface area contributed by atoms with E-state index in [1.165, 1.54) is 0 Å². The summed E-state index contributed by atoms with van der Waals surface area (Å²) >= 11 is 0. The minimum Gasteiger partial charge on any atom is -0.481 e. The van der Waals surface area contributed by atoms with Crippen molar-refractivity contribution in [3.63, 3.8) is 0 Å². The van der Waals surface area contributed by atoms with Crippen LogP contribution >= 0.6 is 0 Å². The summed E-state index contributed by atoms with van der Waals surface area (Å²) in [6.07, 6.45) is 2.43. The van der Waals surface area contributed by atoms with Crippen molar-refractivity contribution in [2.45, 2.75) is 32.7 Å². The zero-order chi connectivity index (χ0) is 18.7. The van der Waals surface area contributed by atoms with Crippen LogP contribution in [0.5, 0.6) is 0 Å². The van der Waals surface area contributed by atoms with Crippen LogP contribution in [-0.2, 0) is 11.3 Å². The Morgan fingerprint density at radius 1 is 1.31 bits per heavy atom. The van der Waals surface area contributed by atoms with E-state index in [4.69, 9.17) is 0 Å². The number of nitrogens with one attached hydrogen (secondary N) is 2. The molecule has 2 aliphatic rings. The predicted octanol–water partition coefficient (Wildman–Crippen LogP) is 1.83. The molecule has 7 nitrogen and oxygen atoms in total. The van der Waals surface area contributed by atoms with Crippen molar-refractivity contribution in [2.75, 3.05) is 19.6 Å². The largest absolute Gasteiger partial charge is 0.481 e. The summed E-state index contributed by atoms with van der Waals surface area (Å²) in [6.45, 7) is 3.49. The second-order valence-electron chi connectivity index (χ2n) is 7.15. The molecule has 2 atom stereocenters. The number of urea groups is 1. The molecule has 1 aromatic carbocycles. The number of carboxylic acid groups (broad SMARTS) is 1. The molecule has 1 aliphatic heterocycles. The Kier molecular flexibility index (Phi) is 5.15. The number of benzene rings is 1. The molecule has 0 bridgehead atoms. The molecule has 1 heterocycles. The number of carbonyl (C=O) groups is 3. The Bertz CT molecular complexity index is 720. The van der Waals surface area contributed by atoms with Crippen LogP contribution in [0.4, 0.5) is 4.79 Å². The van der Waals surface area contributed by atoms with Crippen LogP contribution in [0, 0.1) is 11.3 Å². The van der Waals surface area contributed by atoms with Crippen LogP contribution in [0.2, 0.25) is 0 Å². The number of aliphatic carboxylic acids is 1. The highest BCUT2D eigenvalue weighted by molar-refractivity contribution is 5.94. The van der Waals surface area contributed by atoms with Gasteiger partial charge in [-0.25, -0.2) is 4.79 Å². The molecule has 1 saturated heterocycles. The normalized spacial score (nSPS) is 24.2. The van der Waals surface area contributed by atoms with Gasteiger partial charge in [-0.05, 0) is 43.4 Å². The summed E-state index contributed by atoms with van der Waals surface area (Å²) < 4.78 is 0. The molecule has 26 heavy (non-hydrogen) atoms. The summed E-state index contributed by atoms with van der Waals surface area (Å²) in [7, 11) is 0. The smallest absolute Gasteiger partial charge is 0.317 e. The van der Waals surface area contributed by atoms with E-state index in [0.29, 0.717) is 31.6 Å². The van der Waals surface area contributed by atoms with E-state index < -0.39 is 11.4 Å². The summed E-state index contributed by atoms with van der Waals surface area (Å²) in [5.74, 6) is -0.881. The van der Waals surface area contributed by atoms with Crippen molar-refractivity contribution < 1.29 is 19.5 Å². The van der Waals surface area contributed by atoms with Gasteiger partial charge in [0.2, 0.25) is 0 Å². The number of amides is 3. The van der Waals surface area contributed by atoms with Gasteiger partial charge < -0.3 is 20.6 Å². The lowest BCUT2D eigenvalue weighted by Crippen LogP contribution is -2.41. The molecule has 3 rings (SSSR count). The van der Waals surface area contributed by atoms with Gasteiger partial charge in [0.1, 0.15) is 0 Å². The first kappa shape index (κ1) is 18.2. The van der Waals surface area contributed by atoms with E-state index in [1.54, 1.807) is 23.1 Å². The van der Waals surface area contributed by atoms with Crippen LogP contribution in [0.1, 0.15) is 42.1 Å². The summed E-state index contributed by atoms with van der Waals surface area (Å²) in [5.41, 5.74) is 0.615. The highest BCUT2D eigenvalue weighted by Crippen LogP contribution is 2.48. The minimum atomic E-state index is -0.787. The first-order valence-corrected chi connectivity index (χ1v) is 9.09. The van der Waals surface area contributed by atoms with Gasteiger partial charge in [0.25, 0.3) is 5.91 Å². The quantitative estimate of drug-likeness (QED) is 0.747. The fourth-order valence-electron chi connectivity index (χ4n) is 4.17. The molecule has 0 unspecified atom stereocenters. The van der Waals surface area contributed by atoms with Gasteiger partial charge in [-0.2, -0.15) is 0 Å². The fraction of sp³-hybridized carbons (Fsp3) is 0.526. The standard InChI is InChI=1S/C19H25N3O4/c1-2-20-16(23)14-6-3-5-13(9-14)10-21-18(26)22-11-15-7-4-8-19(15,12-22)17(24)25/h3,5-6,9,15H,2,4,7-8,10-12H2,1H3,(H,20,23)(H,21,26)(H,24,25)/t15-,19+/m0/s1. The van der Waals surface area contributed by atoms with Crippen LogP contribution < -0.4 is 10.6 Å². The molecular formula is C19H25N3O4. The number of likely N-dealkylation sites (tertiary alicyclic amines) is 1. The summed E-state index contributed by atoms with van der Waals surface area (Å²) in [4.78, 5) is 37.7. The zero-order valence-electron chi connectivity index (χ0n) is 15.0. The van der Waals surface area contributed by atoms with Crippen molar-refractivity contribution in [1.82, 2.24) is 15.5 Å². The van der Waals surface area contributed by atoms with Gasteiger partial charge in [0, 0.05) is 31.7 Å². The lowest BCUT2D eigenvalue weighted by atomic mass is 9.81. The van der Waals surface area contributed by atoms with Gasteiger partial charge in [-0.1, -0.05) is 18.6 Å². The highest BCUT2D eigenvalue weighted by atomic mass is 16.4. The van der Waals surface area contributed by atoms with Crippen molar-refractivity contribution in [2.24, 2.45) is 11.3 Å². The molecule has 3 N–H and O–H groups in total. The molecule has 1 saturated carbocycles. The maximum Gasteiger partial charge on any atom is 0.317 e. The van der Waals surface area contributed by atoms with Crippen molar-refractivity contribution in [1.29, 1.82) is 0 Å². The van der Waals surface area contributed by atoms with E-state index in [9.17, 15) is 19.5 Å². The SMILES string of the molecule is CCNC(=O)c1cccc(CNC(=O)N2C[C@@H]3CCC[C@@]3(C(=O)O)C2)c1. The average Bonchev–Trinajstić information content (AvgIpc) is 3.18. The fourth-order valence-corrected chi connectivity index (χ4v) is 4.17. The van der Waals surface area contributed by atoms with E-state index >= 15 is 0 Å². The molecule has 3 amide bonds. The Morgan fingerprint density at radius 2 is 2.12 bits per heavy atom. The molecular weight excluding hydrogens is 334 g/mol. The molecule has 2 fully saturated rings. The lowest BCUT2D eigenvalue weighted by Gasteiger charge is -2.23. The minimum absolute atomic E-state index is 0.0480. The first-order chi connectivity index (χ1) is 12.5. The maximum atomic E-state index is 12.5. The molecule has 140 valence electrons. The zero-order valence-corrected chi connectivity index (χ0v) is 15.0. The monoisotopic (exact) mass is 359 g/mol. The molecule has 1 aliphatic carbocycles. The van der Waals surface area contributed by atoms with Crippen LogP contribution in [0.15, 0.2) is 24.3 Å². The first-order valence-electron chi connectivity index (χ1n) is 9.09. The Labute approximate surface area is 152 Å². The van der Waals surface area contributed by atoms with E-state index in [-0.39, 0.29) is 24.4 Å². The summed E-state index contributed by atoms with van der Waals surface area (Å²) in [6, 6.07) is 6.87. The van der Waals surface area contributed by atoms with Gasteiger partial charge in [0.15, 0.2) is 0 Å². The number of rotatable bonds is 5. The van der Waals surface area contributed by atoms with E-state index in [1.807, 2.05) is 13.0 Å². The Morgan fingerprint density at radius 3 is 2.81 bits per heavy atom. The van der Waals surface area contributed by atoms with Crippen LogP contribution in [-0.4, -0.2) is 47.5 Å². The number of carboxylic acids is 1. The van der Waals surface area contributed by atoms with Crippen molar-refractivity contribution >= 4 is 17.9 Å². The maximum absolute atomic E-state index is 12.5. The lowest BCUT2D eigenvalue weighted by molar-refractivity contribution is -0.149. The van der Waals surface area contributed by atoms with E-state index in [2.05, 4.69) is 10.6 Å². The van der Waals surface area contributed by atoms with Gasteiger partial charge in [-0.15, -0.1) is 0 Å². The van der Waals surface area contributed by atoms with Gasteiger partial charge >= 0.3 is 12.0 Å². The number of hydrogen-bond acceptors (Lipinski definition) is 3. The van der Waals surface area contributed by atoms with Crippen molar-refractivity contribution in [3.8, 4) is 0 Å². The predicted molar refractivity (Wildman–Crippen MR) is 95.7 cm³/mol. The highest BCUT2D eigenvalue weighted by Gasteiger charge is 2.55.